The van der Waals surface area contributed by atoms with Crippen molar-refractivity contribution in [3.8, 4) is 22.6 Å². The lowest BCUT2D eigenvalue weighted by atomic mass is 10.1. The Balaban J connectivity index is 1.91. The molecule has 26 heavy (non-hydrogen) atoms. The molecule has 124 valence electrons. The summed E-state index contributed by atoms with van der Waals surface area (Å²) in [7, 11) is 0. The molecule has 2 aromatic heterocycles. The van der Waals surface area contributed by atoms with Crippen LogP contribution in [-0.4, -0.2) is 9.97 Å². The fourth-order valence-electron chi connectivity index (χ4n) is 3.17. The quantitative estimate of drug-likeness (QED) is 0.340. The van der Waals surface area contributed by atoms with Gasteiger partial charge >= 0.3 is 0 Å². The van der Waals surface area contributed by atoms with Crippen LogP contribution < -0.4 is 0 Å². The lowest BCUT2D eigenvalue weighted by Crippen LogP contribution is -1.93. The van der Waals surface area contributed by atoms with Gasteiger partial charge in [-0.15, -0.1) is 0 Å². The number of nitrogens with zero attached hydrogens (tertiary/aromatic N) is 2. The highest BCUT2D eigenvalue weighted by Gasteiger charge is 2.18. The van der Waals surface area contributed by atoms with Crippen molar-refractivity contribution in [3.05, 3.63) is 83.3 Å². The molecule has 0 amide bonds. The highest BCUT2D eigenvalue weighted by Crippen LogP contribution is 2.37. The Hall–Kier alpha value is -2.98. The van der Waals surface area contributed by atoms with E-state index in [1.165, 1.54) is 0 Å². The maximum absolute atomic E-state index is 6.06. The van der Waals surface area contributed by atoms with E-state index in [0.29, 0.717) is 11.5 Å². The molecule has 0 unspecified atom stereocenters. The molecule has 0 aliphatic heterocycles. The number of hydrogen-bond acceptors (Lipinski definition) is 3. The number of halogens is 1. The van der Waals surface area contributed by atoms with Gasteiger partial charge in [0.1, 0.15) is 5.58 Å². The molecule has 0 radical (unpaired) electrons. The zero-order chi connectivity index (χ0) is 17.5. The fraction of sp³-hybridized carbons (Fsp3) is 0. The molecule has 0 spiro atoms. The Bertz CT molecular complexity index is 1230. The first-order chi connectivity index (χ1) is 12.8. The first kappa shape index (κ1) is 15.3. The Kier molecular flexibility index (Phi) is 3.57. The number of aromatic nitrogens is 2. The molecule has 3 aromatic carbocycles. The van der Waals surface area contributed by atoms with Gasteiger partial charge < -0.3 is 4.42 Å². The Morgan fingerprint density at radius 3 is 2.15 bits per heavy atom. The molecular formula is C22H13BrN2O. The topological polar surface area (TPSA) is 38.9 Å². The lowest BCUT2D eigenvalue weighted by molar-refractivity contribution is 0.653. The molecule has 0 saturated carbocycles. The number of fused-ring (bicyclic) bond motifs is 3. The van der Waals surface area contributed by atoms with Gasteiger partial charge in [-0.05, 0) is 18.2 Å². The Morgan fingerprint density at radius 1 is 0.731 bits per heavy atom. The van der Waals surface area contributed by atoms with Crippen molar-refractivity contribution in [2.24, 2.45) is 0 Å². The molecule has 0 saturated heterocycles. The van der Waals surface area contributed by atoms with Crippen molar-refractivity contribution < 1.29 is 4.42 Å². The van der Waals surface area contributed by atoms with Crippen molar-refractivity contribution in [1.82, 2.24) is 9.97 Å². The maximum Gasteiger partial charge on any atom is 0.231 e. The second-order valence-electron chi connectivity index (χ2n) is 6.05. The van der Waals surface area contributed by atoms with Crippen LogP contribution in [0, 0.1) is 0 Å². The van der Waals surface area contributed by atoms with E-state index < -0.39 is 0 Å². The van der Waals surface area contributed by atoms with E-state index in [1.807, 2.05) is 60.7 Å². The molecule has 3 nitrogen and oxygen atoms in total. The van der Waals surface area contributed by atoms with Gasteiger partial charge in [-0.25, -0.2) is 4.98 Å². The highest BCUT2D eigenvalue weighted by atomic mass is 79.9. The second kappa shape index (κ2) is 6.07. The van der Waals surface area contributed by atoms with Crippen molar-refractivity contribution in [2.75, 3.05) is 0 Å². The molecule has 0 aliphatic carbocycles. The van der Waals surface area contributed by atoms with E-state index in [4.69, 9.17) is 14.4 Å². The largest absolute Gasteiger partial charge is 0.438 e. The van der Waals surface area contributed by atoms with Crippen LogP contribution in [0.25, 0.3) is 44.7 Å². The molecule has 5 aromatic rings. The third kappa shape index (κ3) is 2.50. The van der Waals surface area contributed by atoms with E-state index in [2.05, 4.69) is 34.1 Å². The van der Waals surface area contributed by atoms with E-state index in [-0.39, 0.29) is 0 Å². The van der Waals surface area contributed by atoms with Gasteiger partial charge in [0, 0.05) is 21.0 Å². The third-order valence-corrected chi connectivity index (χ3v) is 4.87. The molecule has 0 atom stereocenters. The summed E-state index contributed by atoms with van der Waals surface area (Å²) in [4.78, 5) is 9.61. The van der Waals surface area contributed by atoms with Gasteiger partial charge in [-0.3, -0.25) is 0 Å². The predicted molar refractivity (Wildman–Crippen MR) is 108 cm³/mol. The smallest absolute Gasteiger partial charge is 0.231 e. The number of hydrogen-bond donors (Lipinski definition) is 0. The summed E-state index contributed by atoms with van der Waals surface area (Å²) in [5, 5.41) is 1.94. The molecule has 2 heterocycles. The molecule has 0 aliphatic rings. The minimum absolute atomic E-state index is 0.603. The summed E-state index contributed by atoms with van der Waals surface area (Å²) >= 11 is 3.55. The molecule has 4 heteroatoms. The first-order valence-corrected chi connectivity index (χ1v) is 9.09. The number of furan rings is 1. The number of rotatable bonds is 2. The van der Waals surface area contributed by atoms with E-state index in [0.717, 1.165) is 37.6 Å². The zero-order valence-corrected chi connectivity index (χ0v) is 15.3. The fourth-order valence-corrected chi connectivity index (χ4v) is 3.53. The van der Waals surface area contributed by atoms with E-state index in [9.17, 15) is 0 Å². The Labute approximate surface area is 158 Å². The van der Waals surface area contributed by atoms with Gasteiger partial charge in [0.25, 0.3) is 0 Å². The normalized spacial score (nSPS) is 11.3. The van der Waals surface area contributed by atoms with Gasteiger partial charge in [0.2, 0.25) is 5.71 Å². The summed E-state index contributed by atoms with van der Waals surface area (Å²) < 4.78 is 7.06. The molecule has 0 N–H and O–H groups in total. The molecule has 5 rings (SSSR count). The van der Waals surface area contributed by atoms with Crippen molar-refractivity contribution in [1.29, 1.82) is 0 Å². The van der Waals surface area contributed by atoms with Gasteiger partial charge in [-0.2, -0.15) is 4.98 Å². The van der Waals surface area contributed by atoms with Gasteiger partial charge in [-0.1, -0.05) is 76.6 Å². The standard InChI is InChI=1S/C22H13BrN2O/c23-16-11-12-18-17(13-16)19-20(14-7-3-1-4-8-14)24-21(25-22(19)26-18)15-9-5-2-6-10-15/h1-13H. The summed E-state index contributed by atoms with van der Waals surface area (Å²) in [5.74, 6) is 0.662. The molecule has 0 fully saturated rings. The van der Waals surface area contributed by atoms with Gasteiger partial charge in [0.15, 0.2) is 5.82 Å². The van der Waals surface area contributed by atoms with E-state index in [1.54, 1.807) is 0 Å². The highest BCUT2D eigenvalue weighted by molar-refractivity contribution is 9.10. The van der Waals surface area contributed by atoms with Crippen molar-refractivity contribution >= 4 is 38.0 Å². The van der Waals surface area contributed by atoms with Crippen LogP contribution in [0.4, 0.5) is 0 Å². The van der Waals surface area contributed by atoms with Crippen LogP contribution in [0.15, 0.2) is 87.8 Å². The average molecular weight is 401 g/mol. The van der Waals surface area contributed by atoms with Crippen LogP contribution in [0.1, 0.15) is 0 Å². The van der Waals surface area contributed by atoms with Crippen molar-refractivity contribution in [3.63, 3.8) is 0 Å². The second-order valence-corrected chi connectivity index (χ2v) is 6.97. The van der Waals surface area contributed by atoms with Gasteiger partial charge in [0.05, 0.1) is 11.1 Å². The van der Waals surface area contributed by atoms with Crippen LogP contribution in [0.5, 0.6) is 0 Å². The third-order valence-electron chi connectivity index (χ3n) is 4.37. The zero-order valence-electron chi connectivity index (χ0n) is 13.7. The van der Waals surface area contributed by atoms with Crippen LogP contribution in [0.3, 0.4) is 0 Å². The molecule has 0 bridgehead atoms. The van der Waals surface area contributed by atoms with Crippen molar-refractivity contribution in [2.45, 2.75) is 0 Å². The lowest BCUT2D eigenvalue weighted by Gasteiger charge is -2.06. The Morgan fingerprint density at radius 2 is 1.42 bits per heavy atom. The van der Waals surface area contributed by atoms with E-state index >= 15 is 0 Å². The average Bonchev–Trinajstić information content (AvgIpc) is 3.06. The SMILES string of the molecule is Brc1ccc2oc3nc(-c4ccccc4)nc(-c4ccccc4)c3c2c1. The summed E-state index contributed by atoms with van der Waals surface area (Å²) in [5.41, 5.74) is 4.30. The monoisotopic (exact) mass is 400 g/mol. The number of benzene rings is 3. The summed E-state index contributed by atoms with van der Waals surface area (Å²) in [6.07, 6.45) is 0. The minimum Gasteiger partial charge on any atom is -0.438 e. The maximum atomic E-state index is 6.06. The molecular weight excluding hydrogens is 388 g/mol. The summed E-state index contributed by atoms with van der Waals surface area (Å²) in [6.45, 7) is 0. The van der Waals surface area contributed by atoms with Crippen LogP contribution in [-0.2, 0) is 0 Å². The van der Waals surface area contributed by atoms with Crippen LogP contribution >= 0.6 is 15.9 Å². The summed E-state index contributed by atoms with van der Waals surface area (Å²) in [6, 6.07) is 26.1. The first-order valence-electron chi connectivity index (χ1n) is 8.30. The van der Waals surface area contributed by atoms with Crippen LogP contribution in [0.2, 0.25) is 0 Å². The minimum atomic E-state index is 0.603. The predicted octanol–water partition coefficient (Wildman–Crippen LogP) is 6.47.